The van der Waals surface area contributed by atoms with Crippen LogP contribution in [0.25, 0.3) is 0 Å². The van der Waals surface area contributed by atoms with Gasteiger partial charge in [0.25, 0.3) is 0 Å². The Balaban J connectivity index is 2.07. The smallest absolute Gasteiger partial charge is 0.236 e. The van der Waals surface area contributed by atoms with Crippen molar-refractivity contribution in [3.8, 4) is 0 Å². The highest BCUT2D eigenvalue weighted by Crippen LogP contribution is 2.28. The van der Waals surface area contributed by atoms with E-state index in [4.69, 9.17) is 23.2 Å². The second kappa shape index (κ2) is 10.2. The first-order chi connectivity index (χ1) is 13.2. The molecule has 28 heavy (non-hydrogen) atoms. The molecule has 0 spiro atoms. The van der Waals surface area contributed by atoms with Gasteiger partial charge in [-0.3, -0.25) is 9.59 Å². The normalized spacial score (nSPS) is 12.0. The molecule has 0 fully saturated rings. The summed E-state index contributed by atoms with van der Waals surface area (Å²) in [6.07, 6.45) is 0. The van der Waals surface area contributed by atoms with Crippen LogP contribution in [0.2, 0.25) is 10.0 Å². The highest BCUT2D eigenvalue weighted by atomic mass is 35.5. The average molecular weight is 439 g/mol. The summed E-state index contributed by atoms with van der Waals surface area (Å²) in [5.41, 5.74) is 1.67. The van der Waals surface area contributed by atoms with E-state index in [2.05, 4.69) is 5.32 Å². The molecule has 2 aromatic carbocycles. The average Bonchev–Trinajstić information content (AvgIpc) is 2.63. The zero-order valence-corrected chi connectivity index (χ0v) is 18.7. The number of hydrogen-bond acceptors (Lipinski definition) is 3. The molecule has 0 aromatic heterocycles. The fraction of sp³-hybridized carbons (Fsp3) is 0.333. The third-order valence-electron chi connectivity index (χ3n) is 4.08. The zero-order chi connectivity index (χ0) is 20.8. The van der Waals surface area contributed by atoms with Crippen LogP contribution in [0.5, 0.6) is 0 Å². The molecule has 0 aliphatic rings. The van der Waals surface area contributed by atoms with Gasteiger partial charge in [-0.25, -0.2) is 0 Å². The van der Waals surface area contributed by atoms with E-state index in [1.807, 2.05) is 56.0 Å². The quantitative estimate of drug-likeness (QED) is 0.549. The van der Waals surface area contributed by atoms with Gasteiger partial charge in [0, 0.05) is 30.1 Å². The fourth-order valence-corrected chi connectivity index (χ4v) is 3.92. The molecule has 0 heterocycles. The Kier molecular flexibility index (Phi) is 8.23. The number of carbonyl (C=O) groups excluding carboxylic acids is 2. The van der Waals surface area contributed by atoms with Crippen molar-refractivity contribution in [3.05, 3.63) is 58.1 Å². The highest BCUT2D eigenvalue weighted by molar-refractivity contribution is 8.00. The van der Waals surface area contributed by atoms with E-state index in [1.165, 1.54) is 18.7 Å². The van der Waals surface area contributed by atoms with Crippen LogP contribution in [0.1, 0.15) is 33.3 Å². The van der Waals surface area contributed by atoms with Crippen molar-refractivity contribution < 1.29 is 9.59 Å². The zero-order valence-electron chi connectivity index (χ0n) is 16.3. The molecule has 0 radical (unpaired) electrons. The predicted molar refractivity (Wildman–Crippen MR) is 118 cm³/mol. The summed E-state index contributed by atoms with van der Waals surface area (Å²) in [6.45, 7) is 7.83. The topological polar surface area (TPSA) is 49.4 Å². The van der Waals surface area contributed by atoms with E-state index in [0.29, 0.717) is 16.6 Å². The number of halogens is 2. The minimum atomic E-state index is -0.253. The molecule has 0 saturated heterocycles. The number of amides is 2. The number of hydrogen-bond donors (Lipinski definition) is 1. The van der Waals surface area contributed by atoms with Crippen LogP contribution >= 0.6 is 35.0 Å². The van der Waals surface area contributed by atoms with Gasteiger partial charge in [-0.2, -0.15) is 0 Å². The highest BCUT2D eigenvalue weighted by Gasteiger charge is 2.24. The van der Waals surface area contributed by atoms with Crippen LogP contribution in [0.3, 0.4) is 0 Å². The molecule has 0 bridgehead atoms. The van der Waals surface area contributed by atoms with Crippen LogP contribution in [-0.4, -0.2) is 28.0 Å². The Morgan fingerprint density at radius 3 is 2.21 bits per heavy atom. The summed E-state index contributed by atoms with van der Waals surface area (Å²) < 4.78 is 0. The largest absolute Gasteiger partial charge is 0.335 e. The SMILES string of the molecule is CC(=O)Nc1ccc(SC(C)C(=O)N(Cc2ccc(Cl)c(Cl)c2)C(C)C)cc1. The molecular formula is C21H24Cl2N2O2S. The third kappa shape index (κ3) is 6.43. The molecule has 4 nitrogen and oxygen atoms in total. The maximum Gasteiger partial charge on any atom is 0.236 e. The monoisotopic (exact) mass is 438 g/mol. The Morgan fingerprint density at radius 1 is 1.04 bits per heavy atom. The molecule has 2 aromatic rings. The molecule has 2 rings (SSSR count). The van der Waals surface area contributed by atoms with Crippen molar-refractivity contribution in [2.75, 3.05) is 5.32 Å². The van der Waals surface area contributed by atoms with Crippen LogP contribution in [0.4, 0.5) is 5.69 Å². The summed E-state index contributed by atoms with van der Waals surface area (Å²) in [5.74, 6) is -0.0594. The first kappa shape index (κ1) is 22.6. The van der Waals surface area contributed by atoms with Crippen molar-refractivity contribution >= 4 is 52.5 Å². The van der Waals surface area contributed by atoms with Gasteiger partial charge in [0.1, 0.15) is 0 Å². The molecular weight excluding hydrogens is 415 g/mol. The number of benzene rings is 2. The second-order valence-corrected chi connectivity index (χ2v) is 9.00. The molecule has 150 valence electrons. The van der Waals surface area contributed by atoms with E-state index >= 15 is 0 Å². The second-order valence-electron chi connectivity index (χ2n) is 6.77. The predicted octanol–water partition coefficient (Wildman–Crippen LogP) is 5.87. The summed E-state index contributed by atoms with van der Waals surface area (Å²) in [5, 5.41) is 3.46. The Bertz CT molecular complexity index is 841. The van der Waals surface area contributed by atoms with Gasteiger partial charge in [0.15, 0.2) is 0 Å². The summed E-state index contributed by atoms with van der Waals surface area (Å²) >= 11 is 13.6. The molecule has 2 amide bonds. The van der Waals surface area contributed by atoms with Gasteiger partial charge in [-0.15, -0.1) is 11.8 Å². The van der Waals surface area contributed by atoms with Gasteiger partial charge in [0.2, 0.25) is 11.8 Å². The summed E-state index contributed by atoms with van der Waals surface area (Å²) in [7, 11) is 0. The van der Waals surface area contributed by atoms with Crippen LogP contribution in [0, 0.1) is 0 Å². The lowest BCUT2D eigenvalue weighted by Crippen LogP contribution is -2.40. The summed E-state index contributed by atoms with van der Waals surface area (Å²) in [4.78, 5) is 27.0. The maximum absolute atomic E-state index is 13.0. The Morgan fingerprint density at radius 2 is 1.68 bits per heavy atom. The third-order valence-corrected chi connectivity index (χ3v) is 5.92. The number of nitrogens with one attached hydrogen (secondary N) is 1. The van der Waals surface area contributed by atoms with Crippen molar-refractivity contribution in [2.45, 2.75) is 50.4 Å². The lowest BCUT2D eigenvalue weighted by molar-refractivity contribution is -0.132. The van der Waals surface area contributed by atoms with Gasteiger partial charge >= 0.3 is 0 Å². The van der Waals surface area contributed by atoms with E-state index in [9.17, 15) is 9.59 Å². The first-order valence-corrected chi connectivity index (χ1v) is 10.6. The van der Waals surface area contributed by atoms with Crippen molar-refractivity contribution in [1.29, 1.82) is 0 Å². The van der Waals surface area contributed by atoms with E-state index in [0.717, 1.165) is 16.1 Å². The van der Waals surface area contributed by atoms with Crippen molar-refractivity contribution in [3.63, 3.8) is 0 Å². The summed E-state index contributed by atoms with van der Waals surface area (Å²) in [6, 6.07) is 12.9. The molecule has 7 heteroatoms. The van der Waals surface area contributed by atoms with E-state index in [-0.39, 0.29) is 23.1 Å². The fourth-order valence-electron chi connectivity index (χ4n) is 2.66. The number of thioether (sulfide) groups is 1. The van der Waals surface area contributed by atoms with Gasteiger partial charge in [-0.1, -0.05) is 29.3 Å². The lowest BCUT2D eigenvalue weighted by atomic mass is 10.1. The minimum Gasteiger partial charge on any atom is -0.335 e. The van der Waals surface area contributed by atoms with Gasteiger partial charge in [0.05, 0.1) is 15.3 Å². The maximum atomic E-state index is 13.0. The lowest BCUT2D eigenvalue weighted by Gasteiger charge is -2.29. The number of carbonyl (C=O) groups is 2. The first-order valence-electron chi connectivity index (χ1n) is 8.96. The molecule has 1 atom stereocenters. The van der Waals surface area contributed by atoms with E-state index < -0.39 is 0 Å². The number of rotatable bonds is 7. The Labute approximate surface area is 180 Å². The van der Waals surface area contributed by atoms with Crippen LogP contribution in [0.15, 0.2) is 47.4 Å². The standard InChI is InChI=1S/C21H24Cl2N2O2S/c1-13(2)25(12-16-5-10-19(22)20(23)11-16)21(27)14(3)28-18-8-6-17(7-9-18)24-15(4)26/h5-11,13-14H,12H2,1-4H3,(H,24,26). The van der Waals surface area contributed by atoms with Crippen LogP contribution in [-0.2, 0) is 16.1 Å². The van der Waals surface area contributed by atoms with E-state index in [1.54, 1.807) is 12.1 Å². The van der Waals surface area contributed by atoms with Crippen molar-refractivity contribution in [1.82, 2.24) is 4.90 Å². The minimum absolute atomic E-state index is 0.0483. The molecule has 0 aliphatic heterocycles. The number of nitrogens with zero attached hydrogens (tertiary/aromatic N) is 1. The van der Waals surface area contributed by atoms with Crippen LogP contribution < -0.4 is 5.32 Å². The van der Waals surface area contributed by atoms with Gasteiger partial charge in [-0.05, 0) is 62.7 Å². The molecule has 0 saturated carbocycles. The van der Waals surface area contributed by atoms with Crippen molar-refractivity contribution in [2.24, 2.45) is 0 Å². The number of anilines is 1. The molecule has 0 aliphatic carbocycles. The molecule has 1 unspecified atom stereocenters. The van der Waals surface area contributed by atoms with Gasteiger partial charge < -0.3 is 10.2 Å². The Hall–Kier alpha value is -1.69. The molecule has 1 N–H and O–H groups in total.